The maximum absolute atomic E-state index is 13.3. The second kappa shape index (κ2) is 12.2. The number of carbonyl (C=O) groups excluding carboxylic acids is 2. The summed E-state index contributed by atoms with van der Waals surface area (Å²) in [7, 11) is 0. The molecule has 0 unspecified atom stereocenters. The Morgan fingerprint density at radius 3 is 2.65 bits per heavy atom. The molecule has 0 radical (unpaired) electrons. The predicted octanol–water partition coefficient (Wildman–Crippen LogP) is 6.33. The lowest BCUT2D eigenvalue weighted by molar-refractivity contribution is -0.672. The Balaban J connectivity index is 1.46. The monoisotopic (exact) mass is 554 g/mol. The van der Waals surface area contributed by atoms with E-state index >= 15 is 0 Å². The molecule has 1 amide bonds. The summed E-state index contributed by atoms with van der Waals surface area (Å²) < 4.78 is 12.4. The molecule has 7 nitrogen and oxygen atoms in total. The molecule has 0 saturated heterocycles. The summed E-state index contributed by atoms with van der Waals surface area (Å²) in [6, 6.07) is 17.1. The van der Waals surface area contributed by atoms with Crippen LogP contribution in [0.2, 0.25) is 10.0 Å². The summed E-state index contributed by atoms with van der Waals surface area (Å²) in [5, 5.41) is 12.2. The molecule has 0 atom stereocenters. The molecule has 0 aliphatic carbocycles. The van der Waals surface area contributed by atoms with Gasteiger partial charge in [-0.25, -0.2) is 0 Å². The van der Waals surface area contributed by atoms with Crippen molar-refractivity contribution in [2.75, 3.05) is 11.9 Å². The second-order valence-electron chi connectivity index (χ2n) is 8.22. The van der Waals surface area contributed by atoms with Gasteiger partial charge in [0.2, 0.25) is 17.9 Å². The van der Waals surface area contributed by atoms with E-state index in [9.17, 15) is 9.59 Å². The minimum absolute atomic E-state index is 0.0244. The van der Waals surface area contributed by atoms with E-state index in [0.29, 0.717) is 49.1 Å². The Labute approximate surface area is 229 Å². The van der Waals surface area contributed by atoms with Crippen LogP contribution in [0.25, 0.3) is 0 Å². The standard InChI is InChI=1S/C27H21Cl2N3O4S/c28-21-9-11-23(25(26(21)29)27(34)18-5-3-17(16-30)4-6-18)32(36-37)13-1-2-14-35-20-8-10-22-19(15-20)7-12-24(33)31-22/h3-6,8-11,13,15H,1-2,7,12,14H2,(H-,31,33,37)/p+1. The van der Waals surface area contributed by atoms with Crippen molar-refractivity contribution in [2.24, 2.45) is 0 Å². The Morgan fingerprint density at radius 2 is 1.92 bits per heavy atom. The molecule has 0 spiro atoms. The van der Waals surface area contributed by atoms with Crippen LogP contribution in [0.3, 0.4) is 0 Å². The van der Waals surface area contributed by atoms with Gasteiger partial charge >= 0.3 is 0 Å². The van der Waals surface area contributed by atoms with E-state index in [1.165, 1.54) is 4.74 Å². The van der Waals surface area contributed by atoms with Crippen molar-refractivity contribution in [2.45, 2.75) is 25.7 Å². The lowest BCUT2D eigenvalue weighted by atomic mass is 10.0. The number of nitriles is 1. The number of fused-ring (bicyclic) bond motifs is 1. The number of halogens is 2. The van der Waals surface area contributed by atoms with E-state index in [1.807, 2.05) is 24.3 Å². The van der Waals surface area contributed by atoms with Gasteiger partial charge < -0.3 is 10.1 Å². The van der Waals surface area contributed by atoms with Crippen LogP contribution < -0.4 is 10.1 Å². The number of hydrogen-bond acceptors (Lipinski definition) is 6. The van der Waals surface area contributed by atoms with E-state index in [2.05, 4.69) is 18.2 Å². The van der Waals surface area contributed by atoms with Crippen LogP contribution in [0.15, 0.2) is 54.6 Å². The zero-order chi connectivity index (χ0) is 26.4. The molecule has 10 heteroatoms. The van der Waals surface area contributed by atoms with Gasteiger partial charge in [-0.1, -0.05) is 23.2 Å². The van der Waals surface area contributed by atoms with Crippen molar-refractivity contribution in [3.63, 3.8) is 0 Å². The van der Waals surface area contributed by atoms with Crippen molar-refractivity contribution in [1.29, 1.82) is 5.26 Å². The fourth-order valence-corrected chi connectivity index (χ4v) is 4.45. The van der Waals surface area contributed by atoms with Crippen LogP contribution in [0, 0.1) is 11.3 Å². The van der Waals surface area contributed by atoms with E-state index < -0.39 is 0 Å². The number of nitrogens with zero attached hydrogens (tertiary/aromatic N) is 2. The van der Waals surface area contributed by atoms with Gasteiger partial charge in [0.25, 0.3) is 5.69 Å². The Kier molecular flexibility index (Phi) is 8.72. The van der Waals surface area contributed by atoms with E-state index in [-0.39, 0.29) is 27.3 Å². The smallest absolute Gasteiger partial charge is 0.271 e. The summed E-state index contributed by atoms with van der Waals surface area (Å²) in [5.41, 5.74) is 3.19. The van der Waals surface area contributed by atoms with Gasteiger partial charge in [0.15, 0.2) is 0 Å². The highest BCUT2D eigenvalue weighted by Crippen LogP contribution is 2.35. The molecule has 3 aromatic carbocycles. The summed E-state index contributed by atoms with van der Waals surface area (Å²) >= 11 is 16.6. The van der Waals surface area contributed by atoms with Crippen LogP contribution in [-0.2, 0) is 15.5 Å². The number of ketones is 1. The fourth-order valence-electron chi connectivity index (χ4n) is 3.89. The Hall–Kier alpha value is -3.51. The largest absolute Gasteiger partial charge is 0.494 e. The van der Waals surface area contributed by atoms with Crippen LogP contribution in [0.4, 0.5) is 11.4 Å². The average Bonchev–Trinajstić information content (AvgIpc) is 2.92. The molecular weight excluding hydrogens is 533 g/mol. The maximum Gasteiger partial charge on any atom is 0.271 e. The van der Waals surface area contributed by atoms with E-state index in [0.717, 1.165) is 17.0 Å². The van der Waals surface area contributed by atoms with Crippen molar-refractivity contribution >= 4 is 65.4 Å². The Bertz CT molecular complexity index is 1420. The number of amides is 1. The molecule has 1 N–H and O–H groups in total. The van der Waals surface area contributed by atoms with Crippen LogP contribution >= 0.6 is 36.1 Å². The molecular formula is C27H22Cl2N3O4S+. The lowest BCUT2D eigenvalue weighted by Gasteiger charge is -2.17. The third-order valence-corrected chi connectivity index (χ3v) is 6.77. The number of aryl methyl sites for hydroxylation is 1. The molecule has 1 aliphatic rings. The Morgan fingerprint density at radius 1 is 1.14 bits per heavy atom. The number of rotatable bonds is 9. The number of carbonyl (C=O) groups is 2. The lowest BCUT2D eigenvalue weighted by Crippen LogP contribution is -2.18. The highest BCUT2D eigenvalue weighted by molar-refractivity contribution is 7.74. The van der Waals surface area contributed by atoms with Gasteiger partial charge in [-0.2, -0.15) is 9.55 Å². The summed E-state index contributed by atoms with van der Waals surface area (Å²) in [4.78, 5) is 24.8. The summed E-state index contributed by atoms with van der Waals surface area (Å²) in [6.45, 7) is 0.445. The van der Waals surface area contributed by atoms with Crippen molar-refractivity contribution in [3.8, 4) is 11.8 Å². The third kappa shape index (κ3) is 6.25. The van der Waals surface area contributed by atoms with E-state index in [1.54, 1.807) is 42.6 Å². The first-order valence-corrected chi connectivity index (χ1v) is 12.6. The molecule has 37 heavy (non-hydrogen) atoms. The average molecular weight is 555 g/mol. The molecule has 0 bridgehead atoms. The van der Waals surface area contributed by atoms with Gasteiger partial charge in [0, 0.05) is 34.9 Å². The normalized spacial score (nSPS) is 12.8. The van der Waals surface area contributed by atoms with Gasteiger partial charge in [-0.05, 0) is 66.9 Å². The number of thiol groups is 1. The third-order valence-electron chi connectivity index (χ3n) is 5.79. The first kappa shape index (κ1) is 26.6. The zero-order valence-corrected chi connectivity index (χ0v) is 21.9. The summed E-state index contributed by atoms with van der Waals surface area (Å²) in [5.74, 6) is 0.385. The molecule has 0 fully saturated rings. The van der Waals surface area contributed by atoms with Gasteiger partial charge in [0.05, 0.1) is 28.3 Å². The second-order valence-corrected chi connectivity index (χ2v) is 9.17. The molecule has 0 aromatic heterocycles. The van der Waals surface area contributed by atoms with Crippen molar-refractivity contribution < 1.29 is 23.3 Å². The highest BCUT2D eigenvalue weighted by atomic mass is 35.5. The highest BCUT2D eigenvalue weighted by Gasteiger charge is 2.28. The molecule has 3 aromatic rings. The predicted molar refractivity (Wildman–Crippen MR) is 145 cm³/mol. The molecule has 0 saturated carbocycles. The van der Waals surface area contributed by atoms with Crippen LogP contribution in [-0.4, -0.2) is 29.3 Å². The minimum Gasteiger partial charge on any atom is -0.494 e. The van der Waals surface area contributed by atoms with Crippen molar-refractivity contribution in [3.05, 3.63) is 86.9 Å². The zero-order valence-electron chi connectivity index (χ0n) is 19.5. The number of nitrogens with one attached hydrogen (secondary N) is 1. The minimum atomic E-state index is -0.372. The maximum atomic E-state index is 13.3. The van der Waals surface area contributed by atoms with Crippen LogP contribution in [0.5, 0.6) is 5.75 Å². The summed E-state index contributed by atoms with van der Waals surface area (Å²) in [6.07, 6.45) is 4.09. The number of benzene rings is 3. The van der Waals surface area contributed by atoms with E-state index in [4.69, 9.17) is 37.5 Å². The molecule has 1 aliphatic heterocycles. The number of ether oxygens (including phenoxy) is 1. The number of anilines is 1. The first-order chi connectivity index (χ1) is 17.9. The SMILES string of the molecule is N#Cc1ccc(C(=O)c2c([N+](=CCCCOc3ccc4c(c3)CCC(=O)N4)OS)ccc(Cl)c2Cl)cc1. The topological polar surface area (TPSA) is 91.4 Å². The molecule has 188 valence electrons. The van der Waals surface area contributed by atoms with Gasteiger partial charge in [0.1, 0.15) is 24.2 Å². The van der Waals surface area contributed by atoms with Gasteiger partial charge in [-0.3, -0.25) is 9.59 Å². The fraction of sp³-hybridized carbons (Fsp3) is 0.185. The quantitative estimate of drug-likeness (QED) is 0.0613. The number of unbranched alkanes of at least 4 members (excludes halogenated alkanes) is 1. The van der Waals surface area contributed by atoms with Gasteiger partial charge in [-0.15, -0.1) is 0 Å². The molecule has 1 heterocycles. The molecule has 4 rings (SSSR count). The first-order valence-electron chi connectivity index (χ1n) is 11.4. The van der Waals surface area contributed by atoms with Crippen molar-refractivity contribution in [1.82, 2.24) is 0 Å². The number of hydrogen-bond donors (Lipinski definition) is 2. The van der Waals surface area contributed by atoms with Crippen LogP contribution in [0.1, 0.15) is 46.3 Å².